The molecule has 0 saturated carbocycles. The lowest BCUT2D eigenvalue weighted by atomic mass is 10.0. The SMILES string of the molecule is Cc1cccc(Cl)c1[C@H](C)N=C1NC(=O)[C@](C)(C(F)(F)F)S1. The number of amidine groups is 1. The largest absolute Gasteiger partial charge is 0.412 e. The summed E-state index contributed by atoms with van der Waals surface area (Å²) in [6.07, 6.45) is -4.65. The topological polar surface area (TPSA) is 41.5 Å². The van der Waals surface area contributed by atoms with Crippen molar-refractivity contribution in [3.63, 3.8) is 0 Å². The highest BCUT2D eigenvalue weighted by molar-refractivity contribution is 8.16. The highest BCUT2D eigenvalue weighted by Gasteiger charge is 2.61. The van der Waals surface area contributed by atoms with Crippen LogP contribution in [-0.2, 0) is 4.79 Å². The second-order valence-electron chi connectivity index (χ2n) is 5.17. The van der Waals surface area contributed by atoms with E-state index < -0.39 is 22.9 Å². The first-order chi connectivity index (χ1) is 10.1. The maximum absolute atomic E-state index is 13.0. The van der Waals surface area contributed by atoms with Gasteiger partial charge in [0.05, 0.1) is 6.04 Å². The molecule has 1 heterocycles. The zero-order valence-electron chi connectivity index (χ0n) is 12.1. The van der Waals surface area contributed by atoms with E-state index in [9.17, 15) is 18.0 Å². The lowest BCUT2D eigenvalue weighted by Crippen LogP contribution is -2.46. The van der Waals surface area contributed by atoms with Gasteiger partial charge in [-0.15, -0.1) is 0 Å². The Balaban J connectivity index is 2.31. The molecule has 0 radical (unpaired) electrons. The molecule has 1 aromatic carbocycles. The van der Waals surface area contributed by atoms with Crippen molar-refractivity contribution >= 4 is 34.4 Å². The van der Waals surface area contributed by atoms with Gasteiger partial charge in [0.2, 0.25) is 0 Å². The zero-order valence-corrected chi connectivity index (χ0v) is 13.7. The molecule has 1 aromatic rings. The number of halogens is 4. The van der Waals surface area contributed by atoms with Crippen LogP contribution < -0.4 is 5.32 Å². The quantitative estimate of drug-likeness (QED) is 0.866. The number of alkyl halides is 3. The third-order valence-electron chi connectivity index (χ3n) is 3.50. The predicted molar refractivity (Wildman–Crippen MR) is 82.2 cm³/mol. The van der Waals surface area contributed by atoms with Gasteiger partial charge in [-0.05, 0) is 38.0 Å². The van der Waals surface area contributed by atoms with Gasteiger partial charge in [0.25, 0.3) is 5.91 Å². The Morgan fingerprint density at radius 2 is 2.05 bits per heavy atom. The summed E-state index contributed by atoms with van der Waals surface area (Å²) in [5.74, 6) is -1.10. The number of amides is 1. The summed E-state index contributed by atoms with van der Waals surface area (Å²) < 4.78 is 36.5. The van der Waals surface area contributed by atoms with E-state index in [4.69, 9.17) is 11.6 Å². The maximum atomic E-state index is 13.0. The summed E-state index contributed by atoms with van der Waals surface area (Å²) in [5.41, 5.74) is 1.62. The van der Waals surface area contributed by atoms with Crippen LogP contribution in [0.15, 0.2) is 23.2 Å². The Labute approximate surface area is 135 Å². The van der Waals surface area contributed by atoms with E-state index >= 15 is 0 Å². The molecule has 1 aliphatic rings. The van der Waals surface area contributed by atoms with E-state index in [2.05, 4.69) is 10.3 Å². The molecule has 0 bridgehead atoms. The summed E-state index contributed by atoms with van der Waals surface area (Å²) in [7, 11) is 0. The predicted octanol–water partition coefficient (Wildman–Crippen LogP) is 4.25. The van der Waals surface area contributed by atoms with Crippen molar-refractivity contribution in [1.29, 1.82) is 0 Å². The van der Waals surface area contributed by atoms with Gasteiger partial charge in [0, 0.05) is 5.02 Å². The molecule has 0 spiro atoms. The van der Waals surface area contributed by atoms with Crippen LogP contribution in [0.5, 0.6) is 0 Å². The van der Waals surface area contributed by atoms with E-state index in [1.165, 1.54) is 0 Å². The van der Waals surface area contributed by atoms with E-state index in [1.54, 1.807) is 19.1 Å². The molecule has 120 valence electrons. The average Bonchev–Trinajstić information content (AvgIpc) is 2.64. The minimum Gasteiger partial charge on any atom is -0.304 e. The number of nitrogens with zero attached hydrogens (tertiary/aromatic N) is 1. The van der Waals surface area contributed by atoms with Gasteiger partial charge in [0.15, 0.2) is 9.91 Å². The van der Waals surface area contributed by atoms with E-state index in [-0.39, 0.29) is 5.17 Å². The van der Waals surface area contributed by atoms with Crippen molar-refractivity contribution in [2.24, 2.45) is 4.99 Å². The van der Waals surface area contributed by atoms with E-state index in [0.29, 0.717) is 16.8 Å². The Morgan fingerprint density at radius 3 is 2.55 bits per heavy atom. The minimum atomic E-state index is -4.65. The molecule has 0 aliphatic carbocycles. The molecule has 2 atom stereocenters. The van der Waals surface area contributed by atoms with Crippen molar-refractivity contribution < 1.29 is 18.0 Å². The highest BCUT2D eigenvalue weighted by atomic mass is 35.5. The number of hydrogen-bond acceptors (Lipinski definition) is 3. The molecule has 0 aromatic heterocycles. The van der Waals surface area contributed by atoms with Gasteiger partial charge >= 0.3 is 6.18 Å². The third-order valence-corrected chi connectivity index (χ3v) is 5.05. The molecule has 0 unspecified atom stereocenters. The van der Waals surface area contributed by atoms with Gasteiger partial charge in [-0.25, -0.2) is 0 Å². The first kappa shape index (κ1) is 17.1. The Bertz CT molecular complexity index is 627. The van der Waals surface area contributed by atoms with Crippen LogP contribution in [0, 0.1) is 6.92 Å². The molecule has 2 rings (SSSR count). The Kier molecular flexibility index (Phi) is 4.50. The number of thioether (sulfide) groups is 1. The van der Waals surface area contributed by atoms with Gasteiger partial charge in [-0.1, -0.05) is 35.5 Å². The molecule has 1 N–H and O–H groups in total. The maximum Gasteiger partial charge on any atom is 0.412 e. The number of rotatable bonds is 2. The summed E-state index contributed by atoms with van der Waals surface area (Å²) in [4.78, 5) is 15.8. The van der Waals surface area contributed by atoms with Crippen molar-refractivity contribution in [3.8, 4) is 0 Å². The molecule has 22 heavy (non-hydrogen) atoms. The molecule has 8 heteroatoms. The highest BCUT2D eigenvalue weighted by Crippen LogP contribution is 2.45. The number of carbonyl (C=O) groups excluding carboxylic acids is 1. The number of aliphatic imine (C=N–C) groups is 1. The number of aryl methyl sites for hydroxylation is 1. The van der Waals surface area contributed by atoms with Crippen molar-refractivity contribution in [1.82, 2.24) is 5.32 Å². The molecule has 1 fully saturated rings. The summed E-state index contributed by atoms with van der Waals surface area (Å²) in [6, 6.07) is 4.86. The number of carbonyl (C=O) groups is 1. The smallest absolute Gasteiger partial charge is 0.304 e. The van der Waals surface area contributed by atoms with Crippen LogP contribution in [0.1, 0.15) is 31.0 Å². The van der Waals surface area contributed by atoms with Crippen molar-refractivity contribution in [2.45, 2.75) is 37.7 Å². The fraction of sp³-hybridized carbons (Fsp3) is 0.429. The fourth-order valence-electron chi connectivity index (χ4n) is 2.14. The molecule has 3 nitrogen and oxygen atoms in total. The van der Waals surface area contributed by atoms with Crippen molar-refractivity contribution in [3.05, 3.63) is 34.3 Å². The van der Waals surface area contributed by atoms with Crippen LogP contribution in [0.2, 0.25) is 5.02 Å². The van der Waals surface area contributed by atoms with Crippen LogP contribution in [0.25, 0.3) is 0 Å². The molecule has 1 saturated heterocycles. The van der Waals surface area contributed by atoms with Crippen molar-refractivity contribution in [2.75, 3.05) is 0 Å². The number of hydrogen-bond donors (Lipinski definition) is 1. The van der Waals surface area contributed by atoms with Crippen LogP contribution >= 0.6 is 23.4 Å². The molecule has 1 aliphatic heterocycles. The Hall–Kier alpha value is -1.21. The first-order valence-corrected chi connectivity index (χ1v) is 7.65. The van der Waals surface area contributed by atoms with E-state index in [0.717, 1.165) is 18.1 Å². The van der Waals surface area contributed by atoms with Gasteiger partial charge in [0.1, 0.15) is 0 Å². The second kappa shape index (κ2) is 5.77. The number of benzene rings is 1. The van der Waals surface area contributed by atoms with Crippen LogP contribution in [0.4, 0.5) is 13.2 Å². The van der Waals surface area contributed by atoms with Crippen LogP contribution in [-0.4, -0.2) is 22.0 Å². The normalized spacial score (nSPS) is 25.4. The molecular weight excluding hydrogens is 337 g/mol. The standard InChI is InChI=1S/C14H14ClF3N2OS/c1-7-5-4-6-9(15)10(7)8(2)19-12-20-11(21)13(3,22-12)14(16,17)18/h4-6,8H,1-3H3,(H,19,20,21)/t8-,13+/m0/s1. The second-order valence-corrected chi connectivity index (χ2v) is 6.98. The fourth-order valence-corrected chi connectivity index (χ4v) is 3.52. The van der Waals surface area contributed by atoms with Gasteiger partial charge < -0.3 is 5.32 Å². The summed E-state index contributed by atoms with van der Waals surface area (Å²) >= 11 is 6.51. The lowest BCUT2D eigenvalue weighted by molar-refractivity contribution is -0.166. The molecular formula is C14H14ClF3N2OS. The first-order valence-electron chi connectivity index (χ1n) is 6.46. The zero-order chi connectivity index (χ0) is 16.7. The summed E-state index contributed by atoms with van der Waals surface area (Å²) in [5, 5.41) is 2.65. The Morgan fingerprint density at radius 1 is 1.41 bits per heavy atom. The van der Waals surface area contributed by atoms with Crippen LogP contribution in [0.3, 0.4) is 0 Å². The minimum absolute atomic E-state index is 0.0448. The monoisotopic (exact) mass is 350 g/mol. The molecule has 1 amide bonds. The number of nitrogens with one attached hydrogen (secondary N) is 1. The lowest BCUT2D eigenvalue weighted by Gasteiger charge is -2.21. The average molecular weight is 351 g/mol. The van der Waals surface area contributed by atoms with Gasteiger partial charge in [-0.3, -0.25) is 9.79 Å². The van der Waals surface area contributed by atoms with Gasteiger partial charge in [-0.2, -0.15) is 13.2 Å². The van der Waals surface area contributed by atoms with E-state index in [1.807, 2.05) is 13.0 Å². The summed E-state index contributed by atoms with van der Waals surface area (Å²) in [6.45, 7) is 4.41. The third kappa shape index (κ3) is 2.96.